The first-order valence-electron chi connectivity index (χ1n) is 15.3. The molecule has 0 N–H and O–H groups in total. The molecule has 6 aromatic carbocycles. The molecular weight excluding hydrogens is 518 g/mol. The molecule has 43 heavy (non-hydrogen) atoms. The number of hydrogen-bond donors (Lipinski definition) is 0. The lowest BCUT2D eigenvalue weighted by Gasteiger charge is -2.32. The lowest BCUT2D eigenvalue weighted by atomic mass is 9.77. The number of nitrogens with zero attached hydrogens (tertiary/aromatic N) is 1. The number of rotatable bonds is 4. The van der Waals surface area contributed by atoms with Gasteiger partial charge in [0, 0.05) is 33.3 Å². The van der Waals surface area contributed by atoms with Crippen LogP contribution < -0.4 is 4.90 Å². The Morgan fingerprint density at radius 3 is 1.49 bits per heavy atom. The molecule has 0 fully saturated rings. The van der Waals surface area contributed by atoms with Crippen molar-refractivity contribution < 1.29 is 0 Å². The summed E-state index contributed by atoms with van der Waals surface area (Å²) in [4.78, 5) is 2.51. The molecule has 0 aliphatic heterocycles. The third-order valence-electron chi connectivity index (χ3n) is 9.84. The molecule has 2 aliphatic rings. The van der Waals surface area contributed by atoms with E-state index in [0.29, 0.717) is 0 Å². The highest BCUT2D eigenvalue weighted by Gasteiger charge is 2.45. The van der Waals surface area contributed by atoms with E-state index in [2.05, 4.69) is 172 Å². The Kier molecular flexibility index (Phi) is 5.59. The van der Waals surface area contributed by atoms with Gasteiger partial charge in [-0.3, -0.25) is 0 Å². The molecule has 0 radical (unpaired) electrons. The molecular formula is C42H35N. The maximum absolute atomic E-state index is 2.55. The summed E-state index contributed by atoms with van der Waals surface area (Å²) in [6.45, 7) is 9.60. The minimum absolute atomic E-state index is 0.116. The summed E-state index contributed by atoms with van der Waals surface area (Å²) in [5.74, 6) is 0. The minimum atomic E-state index is -0.145. The summed E-state index contributed by atoms with van der Waals surface area (Å²) in [5, 5.41) is 0. The fourth-order valence-electron chi connectivity index (χ4n) is 7.63. The SMILES string of the molecule is CC1(C)c2ccccc2-c2c1cc1c(c2N(c2ccccc2)c2ccccc2)-c2cc(-c3ccccc3)ccc2C1(C)C. The topological polar surface area (TPSA) is 3.24 Å². The molecule has 0 aromatic heterocycles. The van der Waals surface area contributed by atoms with Gasteiger partial charge in [-0.25, -0.2) is 0 Å². The van der Waals surface area contributed by atoms with Gasteiger partial charge in [-0.15, -0.1) is 0 Å². The monoisotopic (exact) mass is 553 g/mol. The van der Waals surface area contributed by atoms with Crippen molar-refractivity contribution in [1.82, 2.24) is 0 Å². The van der Waals surface area contributed by atoms with Gasteiger partial charge in [0.1, 0.15) is 0 Å². The van der Waals surface area contributed by atoms with Crippen LogP contribution in [0.3, 0.4) is 0 Å². The Balaban J connectivity index is 1.54. The minimum Gasteiger partial charge on any atom is -0.309 e. The van der Waals surface area contributed by atoms with E-state index in [-0.39, 0.29) is 10.8 Å². The number of para-hydroxylation sites is 2. The molecule has 2 aliphatic carbocycles. The van der Waals surface area contributed by atoms with Gasteiger partial charge in [-0.05, 0) is 74.8 Å². The van der Waals surface area contributed by atoms with Crippen LogP contribution in [-0.2, 0) is 10.8 Å². The second-order valence-electron chi connectivity index (χ2n) is 13.0. The second-order valence-corrected chi connectivity index (χ2v) is 13.0. The van der Waals surface area contributed by atoms with Gasteiger partial charge in [-0.1, -0.05) is 137 Å². The highest BCUT2D eigenvalue weighted by Crippen LogP contribution is 2.62. The predicted octanol–water partition coefficient (Wildman–Crippen LogP) is 11.4. The average Bonchev–Trinajstić information content (AvgIpc) is 3.42. The van der Waals surface area contributed by atoms with Crippen molar-refractivity contribution in [3.8, 4) is 33.4 Å². The van der Waals surface area contributed by atoms with Crippen LogP contribution in [0.15, 0.2) is 140 Å². The molecule has 1 heteroatoms. The Morgan fingerprint density at radius 1 is 0.395 bits per heavy atom. The molecule has 0 saturated carbocycles. The lowest BCUT2D eigenvalue weighted by molar-refractivity contribution is 0.639. The van der Waals surface area contributed by atoms with Crippen LogP contribution in [0.1, 0.15) is 49.9 Å². The van der Waals surface area contributed by atoms with Crippen molar-refractivity contribution in [2.24, 2.45) is 0 Å². The van der Waals surface area contributed by atoms with Crippen molar-refractivity contribution in [3.05, 3.63) is 162 Å². The van der Waals surface area contributed by atoms with E-state index in [0.717, 1.165) is 11.4 Å². The normalized spacial score (nSPS) is 14.9. The van der Waals surface area contributed by atoms with Crippen LogP contribution in [0.25, 0.3) is 33.4 Å². The summed E-state index contributed by atoms with van der Waals surface area (Å²) >= 11 is 0. The Labute approximate surface area is 255 Å². The number of hydrogen-bond acceptors (Lipinski definition) is 1. The van der Waals surface area contributed by atoms with Crippen molar-refractivity contribution in [2.45, 2.75) is 38.5 Å². The van der Waals surface area contributed by atoms with Gasteiger partial charge < -0.3 is 4.90 Å². The molecule has 0 spiro atoms. The zero-order valence-electron chi connectivity index (χ0n) is 25.2. The quantitative estimate of drug-likeness (QED) is 0.210. The van der Waals surface area contributed by atoms with E-state index in [1.165, 1.54) is 61.3 Å². The fourth-order valence-corrected chi connectivity index (χ4v) is 7.63. The molecule has 1 nitrogen and oxygen atoms in total. The first-order valence-corrected chi connectivity index (χ1v) is 15.3. The van der Waals surface area contributed by atoms with Gasteiger partial charge in [0.2, 0.25) is 0 Å². The van der Waals surface area contributed by atoms with Gasteiger partial charge in [0.25, 0.3) is 0 Å². The van der Waals surface area contributed by atoms with Crippen molar-refractivity contribution in [1.29, 1.82) is 0 Å². The molecule has 0 unspecified atom stereocenters. The highest BCUT2D eigenvalue weighted by molar-refractivity contribution is 6.06. The zero-order chi connectivity index (χ0) is 29.3. The summed E-state index contributed by atoms with van der Waals surface area (Å²) in [6, 6.07) is 51.3. The van der Waals surface area contributed by atoms with E-state index in [4.69, 9.17) is 0 Å². The van der Waals surface area contributed by atoms with E-state index < -0.39 is 0 Å². The molecule has 208 valence electrons. The standard InChI is InChI=1S/C42H35N/c1-41(2)34-23-15-14-22-32(34)38-36(41)27-37-39(40(38)43(30-18-10-6-11-19-30)31-20-12-7-13-21-31)33-26-29(28-16-8-5-9-17-28)24-25-35(33)42(37,3)4/h5-27H,1-4H3. The highest BCUT2D eigenvalue weighted by atomic mass is 15.1. The van der Waals surface area contributed by atoms with Crippen LogP contribution in [0.2, 0.25) is 0 Å². The Hall–Kier alpha value is -4.88. The number of fused-ring (bicyclic) bond motifs is 6. The third-order valence-corrected chi connectivity index (χ3v) is 9.84. The number of benzene rings is 6. The molecule has 0 amide bonds. The second kappa shape index (κ2) is 9.31. The average molecular weight is 554 g/mol. The van der Waals surface area contributed by atoms with Crippen molar-refractivity contribution in [3.63, 3.8) is 0 Å². The third kappa shape index (κ3) is 3.71. The van der Waals surface area contributed by atoms with E-state index in [1.807, 2.05) is 0 Å². The molecule has 0 atom stereocenters. The summed E-state index contributed by atoms with van der Waals surface area (Å²) in [6.07, 6.45) is 0. The lowest BCUT2D eigenvalue weighted by Crippen LogP contribution is -2.20. The fraction of sp³-hybridized carbons (Fsp3) is 0.143. The first kappa shape index (κ1) is 25.8. The maximum Gasteiger partial charge on any atom is 0.0624 e. The summed E-state index contributed by atoms with van der Waals surface area (Å²) in [7, 11) is 0. The first-order chi connectivity index (χ1) is 20.9. The molecule has 8 rings (SSSR count). The summed E-state index contributed by atoms with van der Waals surface area (Å²) in [5.41, 5.74) is 16.8. The van der Waals surface area contributed by atoms with Crippen LogP contribution in [-0.4, -0.2) is 0 Å². The van der Waals surface area contributed by atoms with Crippen LogP contribution in [0.4, 0.5) is 17.1 Å². The maximum atomic E-state index is 2.55. The van der Waals surface area contributed by atoms with Crippen LogP contribution in [0, 0.1) is 0 Å². The van der Waals surface area contributed by atoms with Crippen LogP contribution >= 0.6 is 0 Å². The van der Waals surface area contributed by atoms with Crippen LogP contribution in [0.5, 0.6) is 0 Å². The van der Waals surface area contributed by atoms with Gasteiger partial charge in [0.15, 0.2) is 0 Å². The molecule has 0 heterocycles. The molecule has 0 saturated heterocycles. The number of anilines is 3. The Bertz CT molecular complexity index is 1960. The smallest absolute Gasteiger partial charge is 0.0624 e. The Morgan fingerprint density at radius 2 is 0.884 bits per heavy atom. The van der Waals surface area contributed by atoms with E-state index in [9.17, 15) is 0 Å². The van der Waals surface area contributed by atoms with Gasteiger partial charge in [-0.2, -0.15) is 0 Å². The van der Waals surface area contributed by atoms with E-state index >= 15 is 0 Å². The van der Waals surface area contributed by atoms with Crippen molar-refractivity contribution in [2.75, 3.05) is 4.90 Å². The van der Waals surface area contributed by atoms with Gasteiger partial charge in [0.05, 0.1) is 5.69 Å². The van der Waals surface area contributed by atoms with E-state index in [1.54, 1.807) is 0 Å². The summed E-state index contributed by atoms with van der Waals surface area (Å²) < 4.78 is 0. The van der Waals surface area contributed by atoms with Crippen molar-refractivity contribution >= 4 is 17.1 Å². The molecule has 6 aromatic rings. The van der Waals surface area contributed by atoms with Gasteiger partial charge >= 0.3 is 0 Å². The molecule has 0 bridgehead atoms. The largest absolute Gasteiger partial charge is 0.309 e. The zero-order valence-corrected chi connectivity index (χ0v) is 25.2. The predicted molar refractivity (Wildman–Crippen MR) is 182 cm³/mol.